The summed E-state index contributed by atoms with van der Waals surface area (Å²) < 4.78 is 42.1. The number of hydrogen-bond donors (Lipinski definition) is 0. The Morgan fingerprint density at radius 2 is 1.17 bits per heavy atom. The van der Waals surface area contributed by atoms with E-state index in [4.69, 9.17) is 25.3 Å². The smallest absolute Gasteiger partial charge is 0.297 e. The number of ether oxygens (including phenoxy) is 2. The molecule has 158 valence electrons. The molecule has 0 spiro atoms. The van der Waals surface area contributed by atoms with E-state index in [1.54, 1.807) is 0 Å². The van der Waals surface area contributed by atoms with Gasteiger partial charge < -0.3 is 9.47 Å². The highest BCUT2D eigenvalue weighted by molar-refractivity contribution is 7.86. The van der Waals surface area contributed by atoms with Gasteiger partial charge in [-0.1, -0.05) is 72.3 Å². The van der Waals surface area contributed by atoms with Crippen LogP contribution in [-0.4, -0.2) is 27.7 Å². The van der Waals surface area contributed by atoms with E-state index in [0.29, 0.717) is 18.2 Å². The molecule has 0 saturated heterocycles. The van der Waals surface area contributed by atoms with Crippen molar-refractivity contribution in [3.63, 3.8) is 0 Å². The first kappa shape index (κ1) is 22.5. The molecule has 0 aliphatic carbocycles. The van der Waals surface area contributed by atoms with Crippen LogP contribution in [0.1, 0.15) is 11.1 Å². The molecule has 0 heterocycles. The second kappa shape index (κ2) is 11.2. The first-order valence-corrected chi connectivity index (χ1v) is 11.2. The lowest BCUT2D eigenvalue weighted by molar-refractivity contribution is -0.0130. The molecule has 0 bridgehead atoms. The van der Waals surface area contributed by atoms with Gasteiger partial charge in [-0.25, -0.2) is 0 Å². The first-order valence-electron chi connectivity index (χ1n) is 9.45. The van der Waals surface area contributed by atoms with Crippen molar-refractivity contribution in [3.05, 3.63) is 101 Å². The Labute approximate surface area is 182 Å². The largest absolute Gasteiger partial charge is 0.374 e. The molecule has 0 aliphatic rings. The van der Waals surface area contributed by atoms with Gasteiger partial charge in [0, 0.05) is 5.02 Å². The quantitative estimate of drug-likeness (QED) is 0.394. The van der Waals surface area contributed by atoms with Crippen molar-refractivity contribution in [3.8, 4) is 0 Å². The van der Waals surface area contributed by atoms with E-state index in [0.717, 1.165) is 11.1 Å². The van der Waals surface area contributed by atoms with Gasteiger partial charge in [-0.05, 0) is 35.4 Å². The normalized spacial score (nSPS) is 11.7. The Bertz CT molecular complexity index is 947. The summed E-state index contributed by atoms with van der Waals surface area (Å²) in [5.41, 5.74) is 1.98. The van der Waals surface area contributed by atoms with E-state index in [2.05, 4.69) is 0 Å². The summed E-state index contributed by atoms with van der Waals surface area (Å²) in [4.78, 5) is 0.0306. The maximum absolute atomic E-state index is 12.6. The minimum Gasteiger partial charge on any atom is -0.374 e. The Kier molecular flexibility index (Phi) is 8.42. The third kappa shape index (κ3) is 7.23. The molecule has 3 rings (SSSR count). The van der Waals surface area contributed by atoms with Gasteiger partial charge in [0.15, 0.2) is 0 Å². The molecule has 7 heteroatoms. The molecule has 0 amide bonds. The standard InChI is InChI=1S/C23H23ClO5S/c24-21-11-13-23(14-12-21)30(25,26)29-22(17-27-15-19-7-3-1-4-8-19)18-28-16-20-9-5-2-6-10-20/h1-14,22H,15-18H2. The predicted molar refractivity (Wildman–Crippen MR) is 116 cm³/mol. The molecule has 0 atom stereocenters. The summed E-state index contributed by atoms with van der Waals surface area (Å²) in [6.45, 7) is 0.827. The first-order chi connectivity index (χ1) is 14.5. The Morgan fingerprint density at radius 1 is 0.700 bits per heavy atom. The lowest BCUT2D eigenvalue weighted by Gasteiger charge is -2.18. The van der Waals surface area contributed by atoms with Crippen LogP contribution in [-0.2, 0) is 37.0 Å². The fourth-order valence-corrected chi connectivity index (χ4v) is 3.88. The van der Waals surface area contributed by atoms with Crippen molar-refractivity contribution in [2.24, 2.45) is 0 Å². The van der Waals surface area contributed by atoms with Gasteiger partial charge in [0.2, 0.25) is 0 Å². The van der Waals surface area contributed by atoms with E-state index in [-0.39, 0.29) is 18.1 Å². The monoisotopic (exact) mass is 446 g/mol. The molecule has 30 heavy (non-hydrogen) atoms. The van der Waals surface area contributed by atoms with Gasteiger partial charge in [-0.15, -0.1) is 0 Å². The van der Waals surface area contributed by atoms with Crippen LogP contribution in [0.5, 0.6) is 0 Å². The summed E-state index contributed by atoms with van der Waals surface area (Å²) in [5.74, 6) is 0. The molecule has 0 fully saturated rings. The van der Waals surface area contributed by atoms with E-state index >= 15 is 0 Å². The molecular weight excluding hydrogens is 424 g/mol. The van der Waals surface area contributed by atoms with E-state index in [9.17, 15) is 8.42 Å². The average Bonchev–Trinajstić information content (AvgIpc) is 2.75. The van der Waals surface area contributed by atoms with Crippen LogP contribution in [0.25, 0.3) is 0 Å². The van der Waals surface area contributed by atoms with Crippen molar-refractivity contribution in [2.45, 2.75) is 24.2 Å². The third-order valence-electron chi connectivity index (χ3n) is 4.20. The zero-order chi connectivity index (χ0) is 21.2. The molecule has 0 aliphatic heterocycles. The number of rotatable bonds is 11. The molecule has 0 aromatic heterocycles. The van der Waals surface area contributed by atoms with E-state index in [1.165, 1.54) is 24.3 Å². The average molecular weight is 447 g/mol. The zero-order valence-corrected chi connectivity index (χ0v) is 17.9. The Hall–Kier alpha value is -2.22. The highest BCUT2D eigenvalue weighted by Gasteiger charge is 2.22. The fourth-order valence-electron chi connectivity index (χ4n) is 2.70. The van der Waals surface area contributed by atoms with Gasteiger partial charge >= 0.3 is 0 Å². The lowest BCUT2D eigenvalue weighted by atomic mass is 10.2. The third-order valence-corrected chi connectivity index (χ3v) is 5.82. The number of benzene rings is 3. The van der Waals surface area contributed by atoms with Gasteiger partial charge in [0.1, 0.15) is 6.10 Å². The highest BCUT2D eigenvalue weighted by atomic mass is 35.5. The summed E-state index contributed by atoms with van der Waals surface area (Å²) in [5, 5.41) is 0.447. The lowest BCUT2D eigenvalue weighted by Crippen LogP contribution is -2.28. The molecular formula is C23H23ClO5S. The van der Waals surface area contributed by atoms with Crippen LogP contribution in [0.15, 0.2) is 89.8 Å². The SMILES string of the molecule is O=S(=O)(OC(COCc1ccccc1)COCc1ccccc1)c1ccc(Cl)cc1. The topological polar surface area (TPSA) is 61.8 Å². The minimum atomic E-state index is -3.98. The Balaban J connectivity index is 1.61. The predicted octanol–water partition coefficient (Wildman–Crippen LogP) is 4.85. The molecule has 3 aromatic rings. The zero-order valence-electron chi connectivity index (χ0n) is 16.3. The van der Waals surface area contributed by atoms with Crippen LogP contribution < -0.4 is 0 Å². The van der Waals surface area contributed by atoms with Crippen molar-refractivity contribution in [1.29, 1.82) is 0 Å². The maximum atomic E-state index is 12.6. The maximum Gasteiger partial charge on any atom is 0.297 e. The summed E-state index contributed by atoms with van der Waals surface area (Å²) in [7, 11) is -3.98. The molecule has 0 radical (unpaired) electrons. The fraction of sp³-hybridized carbons (Fsp3) is 0.217. The van der Waals surface area contributed by atoms with Gasteiger partial charge in [0.25, 0.3) is 10.1 Å². The van der Waals surface area contributed by atoms with Gasteiger partial charge in [-0.3, -0.25) is 4.18 Å². The van der Waals surface area contributed by atoms with Crippen LogP contribution in [0.3, 0.4) is 0 Å². The van der Waals surface area contributed by atoms with Crippen LogP contribution in [0.2, 0.25) is 5.02 Å². The van der Waals surface area contributed by atoms with Crippen molar-refractivity contribution in [2.75, 3.05) is 13.2 Å². The summed E-state index contributed by atoms with van der Waals surface area (Å²) in [6.07, 6.45) is -0.793. The Morgan fingerprint density at radius 3 is 1.63 bits per heavy atom. The minimum absolute atomic E-state index is 0.0306. The number of hydrogen-bond acceptors (Lipinski definition) is 5. The second-order valence-electron chi connectivity index (χ2n) is 6.63. The molecule has 5 nitrogen and oxygen atoms in total. The van der Waals surface area contributed by atoms with E-state index < -0.39 is 16.2 Å². The van der Waals surface area contributed by atoms with E-state index in [1.807, 2.05) is 60.7 Å². The highest BCUT2D eigenvalue weighted by Crippen LogP contribution is 2.18. The van der Waals surface area contributed by atoms with Gasteiger partial charge in [0.05, 0.1) is 31.3 Å². The van der Waals surface area contributed by atoms with Crippen LogP contribution >= 0.6 is 11.6 Å². The molecule has 0 saturated carbocycles. The van der Waals surface area contributed by atoms with Crippen LogP contribution in [0, 0.1) is 0 Å². The summed E-state index contributed by atoms with van der Waals surface area (Å²) >= 11 is 5.85. The molecule has 3 aromatic carbocycles. The molecule has 0 unspecified atom stereocenters. The summed E-state index contributed by atoms with van der Waals surface area (Å²) in [6, 6.07) is 25.1. The van der Waals surface area contributed by atoms with Crippen molar-refractivity contribution in [1.82, 2.24) is 0 Å². The van der Waals surface area contributed by atoms with Crippen molar-refractivity contribution < 1.29 is 22.1 Å². The second-order valence-corrected chi connectivity index (χ2v) is 8.64. The molecule has 0 N–H and O–H groups in total. The van der Waals surface area contributed by atoms with Crippen molar-refractivity contribution >= 4 is 21.7 Å². The van der Waals surface area contributed by atoms with Crippen LogP contribution in [0.4, 0.5) is 0 Å². The van der Waals surface area contributed by atoms with Gasteiger partial charge in [-0.2, -0.15) is 8.42 Å². The number of halogens is 1.